The summed E-state index contributed by atoms with van der Waals surface area (Å²) in [4.78, 5) is 30.6. The Morgan fingerprint density at radius 3 is 2.44 bits per heavy atom. The van der Waals surface area contributed by atoms with E-state index in [1.165, 1.54) is 6.20 Å². The molecule has 4 aromatic rings. The zero-order valence-electron chi connectivity index (χ0n) is 22.4. The van der Waals surface area contributed by atoms with Crippen molar-refractivity contribution in [1.29, 1.82) is 0 Å². The highest BCUT2D eigenvalue weighted by molar-refractivity contribution is 6.02. The van der Waals surface area contributed by atoms with Crippen molar-refractivity contribution in [1.82, 2.24) is 14.4 Å². The largest absolute Gasteiger partial charge is 0.451 e. The van der Waals surface area contributed by atoms with Gasteiger partial charge in [0.15, 0.2) is 17.3 Å². The van der Waals surface area contributed by atoms with Gasteiger partial charge in [0.1, 0.15) is 16.8 Å². The Morgan fingerprint density at radius 1 is 1.02 bits per heavy atom. The predicted octanol–water partition coefficient (Wildman–Crippen LogP) is 2.56. The third-order valence-electron chi connectivity index (χ3n) is 7.59. The number of morpholine rings is 1. The van der Waals surface area contributed by atoms with E-state index >= 15 is 4.39 Å². The number of aromatic nitrogens is 1. The van der Waals surface area contributed by atoms with Crippen LogP contribution in [0.4, 0.5) is 10.1 Å². The van der Waals surface area contributed by atoms with E-state index < -0.39 is 17.2 Å². The second kappa shape index (κ2) is 11.5. The molecular weight excluding hydrogens is 531 g/mol. The van der Waals surface area contributed by atoms with Crippen LogP contribution in [-0.2, 0) is 4.74 Å². The van der Waals surface area contributed by atoms with Gasteiger partial charge < -0.3 is 34.5 Å². The number of hydrogen-bond acceptors (Lipinski definition) is 8. The third kappa shape index (κ3) is 5.02. The standard InChI is InChI=1S/C30H31FN4O6/c31-23-17-21-27-29(26(23)32-5-6-33(7-11-36)8-12-37)41-25-16-20-4-2-1-3-19(20)15-24(25)35(27)18-22(28(21)38)30(39)34-9-13-40-14-10-34/h1-4,15-18,32,36-37H,5-14H2. The fourth-order valence-corrected chi connectivity index (χ4v) is 5.51. The Bertz CT molecular complexity index is 1680. The summed E-state index contributed by atoms with van der Waals surface area (Å²) in [6.45, 7) is 2.83. The molecule has 0 bridgehead atoms. The van der Waals surface area contributed by atoms with Gasteiger partial charge in [0, 0.05) is 45.5 Å². The summed E-state index contributed by atoms with van der Waals surface area (Å²) < 4.78 is 29.2. The molecule has 1 saturated heterocycles. The molecule has 0 radical (unpaired) electrons. The van der Waals surface area contributed by atoms with E-state index in [9.17, 15) is 19.8 Å². The van der Waals surface area contributed by atoms with Crippen LogP contribution < -0.4 is 15.5 Å². The maximum absolute atomic E-state index is 15.7. The predicted molar refractivity (Wildman–Crippen MR) is 153 cm³/mol. The highest BCUT2D eigenvalue weighted by Crippen LogP contribution is 2.46. The minimum atomic E-state index is -0.688. The number of carbonyl (C=O) groups is 1. The number of ether oxygens (including phenoxy) is 2. The van der Waals surface area contributed by atoms with Gasteiger partial charge >= 0.3 is 0 Å². The minimum absolute atomic E-state index is 0.0446. The fraction of sp³-hybridized carbons (Fsp3) is 0.333. The van der Waals surface area contributed by atoms with Gasteiger partial charge in [-0.25, -0.2) is 4.39 Å². The van der Waals surface area contributed by atoms with Crippen LogP contribution in [0.3, 0.4) is 0 Å². The Kier molecular flexibility index (Phi) is 7.59. The van der Waals surface area contributed by atoms with Crippen molar-refractivity contribution in [2.24, 2.45) is 0 Å². The number of anilines is 1. The molecule has 3 aromatic carbocycles. The molecule has 3 heterocycles. The molecule has 0 unspecified atom stereocenters. The number of rotatable bonds is 9. The maximum atomic E-state index is 15.7. The summed E-state index contributed by atoms with van der Waals surface area (Å²) in [6.07, 6.45) is 1.54. The zero-order chi connectivity index (χ0) is 28.5. The van der Waals surface area contributed by atoms with Crippen molar-refractivity contribution in [3.8, 4) is 17.2 Å². The van der Waals surface area contributed by atoms with Gasteiger partial charge in [-0.15, -0.1) is 0 Å². The summed E-state index contributed by atoms with van der Waals surface area (Å²) in [5.74, 6) is -0.495. The molecule has 1 amide bonds. The molecule has 1 aromatic heterocycles. The van der Waals surface area contributed by atoms with Crippen molar-refractivity contribution in [2.45, 2.75) is 0 Å². The quantitative estimate of drug-likeness (QED) is 0.251. The molecule has 214 valence electrons. The summed E-state index contributed by atoms with van der Waals surface area (Å²) in [6, 6.07) is 12.7. The highest BCUT2D eigenvalue weighted by atomic mass is 19.1. The number of amides is 1. The van der Waals surface area contributed by atoms with Crippen molar-refractivity contribution >= 4 is 33.3 Å². The van der Waals surface area contributed by atoms with Crippen LogP contribution in [0.25, 0.3) is 27.4 Å². The first kappa shape index (κ1) is 27.2. The maximum Gasteiger partial charge on any atom is 0.259 e. The molecule has 3 N–H and O–H groups in total. The number of fused-ring (bicyclic) bond motifs is 3. The smallest absolute Gasteiger partial charge is 0.259 e. The van der Waals surface area contributed by atoms with Crippen LogP contribution in [0.1, 0.15) is 10.4 Å². The van der Waals surface area contributed by atoms with Crippen LogP contribution >= 0.6 is 0 Å². The first-order valence-electron chi connectivity index (χ1n) is 13.7. The highest BCUT2D eigenvalue weighted by Gasteiger charge is 2.30. The SMILES string of the molecule is O=C(c1cn2c3c(c(NCCN(CCO)CCO)c(F)cc3c1=O)Oc1cc3ccccc3cc1-2)N1CCOCC1. The van der Waals surface area contributed by atoms with E-state index in [4.69, 9.17) is 9.47 Å². The lowest BCUT2D eigenvalue weighted by Gasteiger charge is -2.29. The van der Waals surface area contributed by atoms with Crippen molar-refractivity contribution in [3.05, 3.63) is 70.3 Å². The van der Waals surface area contributed by atoms with Crippen LogP contribution in [0.15, 0.2) is 53.5 Å². The summed E-state index contributed by atoms with van der Waals surface area (Å²) >= 11 is 0. The average Bonchev–Trinajstić information content (AvgIpc) is 2.99. The molecule has 0 saturated carbocycles. The lowest BCUT2D eigenvalue weighted by Crippen LogP contribution is -2.42. The van der Waals surface area contributed by atoms with E-state index in [0.29, 0.717) is 69.4 Å². The number of aliphatic hydroxyl groups is 2. The molecule has 10 nitrogen and oxygen atoms in total. The van der Waals surface area contributed by atoms with Crippen LogP contribution in [-0.4, -0.2) is 96.2 Å². The molecule has 0 spiro atoms. The van der Waals surface area contributed by atoms with Gasteiger partial charge in [-0.2, -0.15) is 0 Å². The van der Waals surface area contributed by atoms with Gasteiger partial charge in [-0.1, -0.05) is 24.3 Å². The van der Waals surface area contributed by atoms with Crippen molar-refractivity contribution in [2.75, 3.05) is 71.0 Å². The van der Waals surface area contributed by atoms with Crippen LogP contribution in [0.5, 0.6) is 11.5 Å². The Morgan fingerprint density at radius 2 is 1.73 bits per heavy atom. The van der Waals surface area contributed by atoms with E-state index in [-0.39, 0.29) is 35.6 Å². The first-order valence-corrected chi connectivity index (χ1v) is 13.7. The minimum Gasteiger partial charge on any atom is -0.451 e. The second-order valence-electron chi connectivity index (χ2n) is 10.1. The fourth-order valence-electron chi connectivity index (χ4n) is 5.51. The molecule has 6 rings (SSSR count). The van der Waals surface area contributed by atoms with Crippen molar-refractivity contribution in [3.63, 3.8) is 0 Å². The van der Waals surface area contributed by atoms with E-state index in [1.54, 1.807) is 9.47 Å². The second-order valence-corrected chi connectivity index (χ2v) is 10.1. The van der Waals surface area contributed by atoms with Gasteiger partial charge in [0.05, 0.1) is 37.5 Å². The molecule has 1 fully saturated rings. The lowest BCUT2D eigenvalue weighted by atomic mass is 10.0. The molecule has 41 heavy (non-hydrogen) atoms. The summed E-state index contributed by atoms with van der Waals surface area (Å²) in [5.41, 5.74) is 0.471. The van der Waals surface area contributed by atoms with Gasteiger partial charge in [0.2, 0.25) is 5.43 Å². The normalized spacial score (nSPS) is 14.4. The Balaban J connectivity index is 1.50. The van der Waals surface area contributed by atoms with E-state index in [1.807, 2.05) is 41.3 Å². The van der Waals surface area contributed by atoms with E-state index in [0.717, 1.165) is 16.8 Å². The number of aliphatic hydroxyl groups excluding tert-OH is 2. The average molecular weight is 563 g/mol. The van der Waals surface area contributed by atoms with Crippen LogP contribution in [0.2, 0.25) is 0 Å². The van der Waals surface area contributed by atoms with Gasteiger partial charge in [0.25, 0.3) is 5.91 Å². The number of nitrogens with zero attached hydrogens (tertiary/aromatic N) is 3. The lowest BCUT2D eigenvalue weighted by molar-refractivity contribution is 0.0301. The number of hydrogen-bond donors (Lipinski definition) is 3. The molecule has 11 heteroatoms. The third-order valence-corrected chi connectivity index (χ3v) is 7.59. The summed E-state index contributed by atoms with van der Waals surface area (Å²) in [7, 11) is 0. The van der Waals surface area contributed by atoms with Crippen LogP contribution in [0, 0.1) is 5.82 Å². The number of halogens is 1. The number of carbonyl (C=O) groups excluding carboxylic acids is 1. The topological polar surface area (TPSA) is 117 Å². The number of nitrogens with one attached hydrogen (secondary N) is 1. The summed E-state index contributed by atoms with van der Waals surface area (Å²) in [5, 5.41) is 23.6. The number of pyridine rings is 1. The molecular formula is C30H31FN4O6. The van der Waals surface area contributed by atoms with E-state index in [2.05, 4.69) is 5.32 Å². The van der Waals surface area contributed by atoms with Crippen molar-refractivity contribution < 1.29 is 28.9 Å². The van der Waals surface area contributed by atoms with Gasteiger partial charge in [-0.3, -0.25) is 14.5 Å². The monoisotopic (exact) mass is 562 g/mol. The molecule has 2 aliphatic heterocycles. The zero-order valence-corrected chi connectivity index (χ0v) is 22.4. The molecule has 0 atom stereocenters. The Hall–Kier alpha value is -4.03. The molecule has 2 aliphatic rings. The first-order chi connectivity index (χ1) is 20.0. The molecule has 0 aliphatic carbocycles. The Labute approximate surface area is 235 Å². The number of benzene rings is 3. The van der Waals surface area contributed by atoms with Gasteiger partial charge in [-0.05, 0) is 29.0 Å².